The highest BCUT2D eigenvalue weighted by atomic mass is 79.9. The molecule has 0 spiro atoms. The van der Waals surface area contributed by atoms with Crippen LogP contribution in [0.1, 0.15) is 19.3 Å². The quantitative estimate of drug-likeness (QED) is 0.825. The van der Waals surface area contributed by atoms with Gasteiger partial charge in [0.1, 0.15) is 0 Å². The molecule has 0 saturated carbocycles. The van der Waals surface area contributed by atoms with Crippen LogP contribution in [0, 0.1) is 0 Å². The zero-order valence-corrected chi connectivity index (χ0v) is 16.0. The molecule has 0 bridgehead atoms. The molecule has 1 heterocycles. The van der Waals surface area contributed by atoms with E-state index in [9.17, 15) is 8.42 Å². The van der Waals surface area contributed by atoms with Gasteiger partial charge in [-0.3, -0.25) is 0 Å². The molecule has 5 nitrogen and oxygen atoms in total. The van der Waals surface area contributed by atoms with Gasteiger partial charge in [0.15, 0.2) is 0 Å². The van der Waals surface area contributed by atoms with Crippen LogP contribution >= 0.6 is 28.3 Å². The van der Waals surface area contributed by atoms with Crippen molar-refractivity contribution in [1.82, 2.24) is 4.31 Å². The lowest BCUT2D eigenvalue weighted by atomic mass is 10.1. The van der Waals surface area contributed by atoms with E-state index in [4.69, 9.17) is 5.73 Å². The minimum absolute atomic E-state index is 0. The molecular weight excluding hydrogens is 390 g/mol. The van der Waals surface area contributed by atoms with Gasteiger partial charge in [0.25, 0.3) is 0 Å². The Morgan fingerprint density at radius 2 is 2.05 bits per heavy atom. The number of benzene rings is 1. The van der Waals surface area contributed by atoms with Gasteiger partial charge in [-0.05, 0) is 47.0 Å². The van der Waals surface area contributed by atoms with E-state index in [1.165, 1.54) is 0 Å². The standard InChI is InChI=1S/C14H22BrN3O2S.ClH/c1-17(2)11-6-7-13(15)14(9-11)21(19,20)18-8-4-3-5-12(18)10-16;/h6-7,9,12H,3-5,8,10,16H2,1-2H3;1H. The number of nitrogens with zero attached hydrogens (tertiary/aromatic N) is 2. The molecule has 1 aliphatic rings. The van der Waals surface area contributed by atoms with Crippen molar-refractivity contribution in [1.29, 1.82) is 0 Å². The van der Waals surface area contributed by atoms with E-state index in [0.29, 0.717) is 22.5 Å². The fourth-order valence-corrected chi connectivity index (χ4v) is 5.27. The van der Waals surface area contributed by atoms with Gasteiger partial charge in [-0.25, -0.2) is 8.42 Å². The van der Waals surface area contributed by atoms with Crippen molar-refractivity contribution in [3.05, 3.63) is 22.7 Å². The number of sulfonamides is 1. The molecule has 1 atom stereocenters. The highest BCUT2D eigenvalue weighted by molar-refractivity contribution is 9.10. The Bertz CT molecular complexity index is 610. The summed E-state index contributed by atoms with van der Waals surface area (Å²) < 4.78 is 28.1. The first-order valence-corrected chi connectivity index (χ1v) is 9.30. The molecule has 0 aliphatic carbocycles. The van der Waals surface area contributed by atoms with Crippen molar-refractivity contribution in [3.63, 3.8) is 0 Å². The summed E-state index contributed by atoms with van der Waals surface area (Å²) in [5, 5.41) is 0. The molecule has 1 aliphatic heterocycles. The summed E-state index contributed by atoms with van der Waals surface area (Å²) >= 11 is 3.37. The van der Waals surface area contributed by atoms with Crippen LogP contribution in [-0.4, -0.2) is 45.9 Å². The summed E-state index contributed by atoms with van der Waals surface area (Å²) in [5.41, 5.74) is 6.62. The topological polar surface area (TPSA) is 66.6 Å². The van der Waals surface area contributed by atoms with Crippen LogP contribution in [0.5, 0.6) is 0 Å². The number of halogens is 2. The molecule has 8 heteroatoms. The van der Waals surface area contributed by atoms with Crippen LogP contribution in [0.4, 0.5) is 5.69 Å². The highest BCUT2D eigenvalue weighted by Crippen LogP contribution is 2.32. The van der Waals surface area contributed by atoms with Crippen molar-refractivity contribution in [2.45, 2.75) is 30.2 Å². The first-order valence-electron chi connectivity index (χ1n) is 7.06. The second-order valence-corrected chi connectivity index (χ2v) is 8.22. The summed E-state index contributed by atoms with van der Waals surface area (Å²) in [5.74, 6) is 0. The summed E-state index contributed by atoms with van der Waals surface area (Å²) in [4.78, 5) is 2.20. The maximum absolute atomic E-state index is 13.0. The van der Waals surface area contributed by atoms with Crippen molar-refractivity contribution < 1.29 is 8.42 Å². The number of nitrogens with two attached hydrogens (primary N) is 1. The monoisotopic (exact) mass is 411 g/mol. The number of hydrogen-bond acceptors (Lipinski definition) is 4. The lowest BCUT2D eigenvalue weighted by molar-refractivity contribution is 0.257. The SMILES string of the molecule is CN(C)c1ccc(Br)c(S(=O)(=O)N2CCCCC2CN)c1.Cl. The van der Waals surface area contributed by atoms with Crippen LogP contribution in [0.15, 0.2) is 27.6 Å². The predicted octanol–water partition coefficient (Wildman–Crippen LogP) is 2.44. The van der Waals surface area contributed by atoms with Gasteiger partial charge >= 0.3 is 0 Å². The highest BCUT2D eigenvalue weighted by Gasteiger charge is 2.34. The molecule has 2 rings (SSSR count). The normalized spacial score (nSPS) is 19.5. The number of anilines is 1. The summed E-state index contributed by atoms with van der Waals surface area (Å²) in [6.07, 6.45) is 2.76. The van der Waals surface area contributed by atoms with Crippen LogP contribution < -0.4 is 10.6 Å². The van der Waals surface area contributed by atoms with Gasteiger partial charge in [0.05, 0.1) is 4.90 Å². The Labute approximate surface area is 147 Å². The molecule has 1 unspecified atom stereocenters. The molecule has 0 amide bonds. The second-order valence-electron chi connectivity index (χ2n) is 5.51. The van der Waals surface area contributed by atoms with Gasteiger partial charge in [0, 0.05) is 43.4 Å². The minimum Gasteiger partial charge on any atom is -0.378 e. The van der Waals surface area contributed by atoms with Gasteiger partial charge in [-0.1, -0.05) is 6.42 Å². The number of hydrogen-bond donors (Lipinski definition) is 1. The van der Waals surface area contributed by atoms with E-state index in [2.05, 4.69) is 15.9 Å². The average molecular weight is 413 g/mol. The van der Waals surface area contributed by atoms with Crippen molar-refractivity contribution in [2.75, 3.05) is 32.1 Å². The van der Waals surface area contributed by atoms with Gasteiger partial charge in [-0.15, -0.1) is 12.4 Å². The fourth-order valence-electron chi connectivity index (χ4n) is 2.62. The second kappa shape index (κ2) is 7.97. The van der Waals surface area contributed by atoms with E-state index in [1.807, 2.05) is 25.1 Å². The number of piperidine rings is 1. The third-order valence-electron chi connectivity index (χ3n) is 3.86. The summed E-state index contributed by atoms with van der Waals surface area (Å²) in [6.45, 7) is 0.910. The largest absolute Gasteiger partial charge is 0.378 e. The minimum atomic E-state index is -3.53. The molecular formula is C14H23BrClN3O2S. The molecule has 126 valence electrons. The molecule has 1 aromatic carbocycles. The van der Waals surface area contributed by atoms with Gasteiger partial charge in [0.2, 0.25) is 10.0 Å². The van der Waals surface area contributed by atoms with E-state index in [0.717, 1.165) is 24.9 Å². The third kappa shape index (κ3) is 3.94. The fraction of sp³-hybridized carbons (Fsp3) is 0.571. The molecule has 0 aromatic heterocycles. The van der Waals surface area contributed by atoms with E-state index < -0.39 is 10.0 Å². The maximum Gasteiger partial charge on any atom is 0.244 e. The van der Waals surface area contributed by atoms with Gasteiger partial charge in [-0.2, -0.15) is 4.31 Å². The van der Waals surface area contributed by atoms with Crippen LogP contribution in [0.2, 0.25) is 0 Å². The Morgan fingerprint density at radius 3 is 2.64 bits per heavy atom. The average Bonchev–Trinajstić information content (AvgIpc) is 2.47. The van der Waals surface area contributed by atoms with E-state index in [-0.39, 0.29) is 18.4 Å². The molecule has 2 N–H and O–H groups in total. The van der Waals surface area contributed by atoms with Crippen molar-refractivity contribution in [3.8, 4) is 0 Å². The summed E-state index contributed by atoms with van der Waals surface area (Å²) in [6, 6.07) is 5.28. The molecule has 0 radical (unpaired) electrons. The Morgan fingerprint density at radius 1 is 1.36 bits per heavy atom. The molecule has 1 fully saturated rings. The predicted molar refractivity (Wildman–Crippen MR) is 96.3 cm³/mol. The Hall–Kier alpha value is -0.340. The smallest absolute Gasteiger partial charge is 0.244 e. The van der Waals surface area contributed by atoms with E-state index >= 15 is 0 Å². The molecule has 1 aromatic rings. The number of rotatable bonds is 4. The van der Waals surface area contributed by atoms with Crippen molar-refractivity contribution in [2.24, 2.45) is 5.73 Å². The molecule has 1 saturated heterocycles. The van der Waals surface area contributed by atoms with E-state index in [1.54, 1.807) is 16.4 Å². The first-order chi connectivity index (χ1) is 9.87. The van der Waals surface area contributed by atoms with Crippen molar-refractivity contribution >= 4 is 44.0 Å². The third-order valence-corrected chi connectivity index (χ3v) is 6.81. The first kappa shape index (κ1) is 19.7. The van der Waals surface area contributed by atoms with Crippen LogP contribution in [0.25, 0.3) is 0 Å². The van der Waals surface area contributed by atoms with Crippen LogP contribution in [0.3, 0.4) is 0 Å². The summed E-state index contributed by atoms with van der Waals surface area (Å²) in [7, 11) is 0.254. The lowest BCUT2D eigenvalue weighted by Gasteiger charge is -2.34. The zero-order valence-electron chi connectivity index (χ0n) is 12.8. The van der Waals surface area contributed by atoms with Gasteiger partial charge < -0.3 is 10.6 Å². The Kier molecular flexibility index (Phi) is 7.14. The zero-order chi connectivity index (χ0) is 15.6. The maximum atomic E-state index is 13.0. The van der Waals surface area contributed by atoms with Crippen LogP contribution in [-0.2, 0) is 10.0 Å². The molecule has 22 heavy (non-hydrogen) atoms. The lowest BCUT2D eigenvalue weighted by Crippen LogP contribution is -2.47. The Balaban J connectivity index is 0.00000242.